The number of hydrogen-bond acceptors (Lipinski definition) is 4. The third-order valence-electron chi connectivity index (χ3n) is 5.43. The average Bonchev–Trinajstić information content (AvgIpc) is 3.47. The van der Waals surface area contributed by atoms with Crippen molar-refractivity contribution < 1.29 is 9.53 Å². The second kappa shape index (κ2) is 6.46. The molecular weight excluding hydrogens is 340 g/mol. The zero-order valence-corrected chi connectivity index (χ0v) is 15.3. The SMILES string of the molecule is Cc1ccc(-c2ccc3c([C@@H]4CN(C(=O)C5CC5)CCO4)nnn3c2)cc1. The number of fused-ring (bicyclic) bond motifs is 1. The van der Waals surface area contributed by atoms with Gasteiger partial charge in [0.1, 0.15) is 11.8 Å². The molecule has 1 aromatic carbocycles. The van der Waals surface area contributed by atoms with Crippen LogP contribution in [0.3, 0.4) is 0 Å². The van der Waals surface area contributed by atoms with Crippen molar-refractivity contribution in [1.29, 1.82) is 0 Å². The molecule has 1 aliphatic heterocycles. The minimum atomic E-state index is -0.218. The van der Waals surface area contributed by atoms with Crippen LogP contribution in [0.1, 0.15) is 30.2 Å². The molecule has 3 heterocycles. The summed E-state index contributed by atoms with van der Waals surface area (Å²) in [5.41, 5.74) is 5.21. The maximum Gasteiger partial charge on any atom is 0.225 e. The summed E-state index contributed by atoms with van der Waals surface area (Å²) in [6.45, 7) is 3.85. The molecule has 6 heteroatoms. The molecule has 0 unspecified atom stereocenters. The van der Waals surface area contributed by atoms with Gasteiger partial charge in [0.2, 0.25) is 5.91 Å². The van der Waals surface area contributed by atoms with Crippen molar-refractivity contribution in [3.05, 3.63) is 53.9 Å². The van der Waals surface area contributed by atoms with Gasteiger partial charge in [-0.15, -0.1) is 5.10 Å². The number of amides is 1. The summed E-state index contributed by atoms with van der Waals surface area (Å²) in [7, 11) is 0. The first-order valence-corrected chi connectivity index (χ1v) is 9.51. The topological polar surface area (TPSA) is 59.7 Å². The lowest BCUT2D eigenvalue weighted by molar-refractivity contribution is -0.140. The van der Waals surface area contributed by atoms with Gasteiger partial charge < -0.3 is 9.64 Å². The molecule has 1 atom stereocenters. The summed E-state index contributed by atoms with van der Waals surface area (Å²) in [5.74, 6) is 0.499. The number of hydrogen-bond donors (Lipinski definition) is 0. The van der Waals surface area contributed by atoms with Gasteiger partial charge in [-0.05, 0) is 31.4 Å². The van der Waals surface area contributed by atoms with Gasteiger partial charge in [-0.1, -0.05) is 41.1 Å². The van der Waals surface area contributed by atoms with Crippen LogP contribution in [0, 0.1) is 12.8 Å². The number of benzene rings is 1. The predicted octanol–water partition coefficient (Wildman–Crippen LogP) is 3.01. The van der Waals surface area contributed by atoms with Crippen molar-refractivity contribution in [2.24, 2.45) is 5.92 Å². The van der Waals surface area contributed by atoms with E-state index < -0.39 is 0 Å². The first kappa shape index (κ1) is 16.4. The maximum absolute atomic E-state index is 12.4. The Morgan fingerprint density at radius 1 is 1.11 bits per heavy atom. The van der Waals surface area contributed by atoms with Crippen LogP contribution in [0.15, 0.2) is 42.6 Å². The van der Waals surface area contributed by atoms with Crippen molar-refractivity contribution in [3.8, 4) is 11.1 Å². The lowest BCUT2D eigenvalue weighted by atomic mass is 10.1. The zero-order valence-electron chi connectivity index (χ0n) is 15.3. The third kappa shape index (κ3) is 3.10. The molecule has 6 nitrogen and oxygen atoms in total. The predicted molar refractivity (Wildman–Crippen MR) is 101 cm³/mol. The van der Waals surface area contributed by atoms with E-state index in [4.69, 9.17) is 4.74 Å². The largest absolute Gasteiger partial charge is 0.368 e. The number of carbonyl (C=O) groups excluding carboxylic acids is 1. The van der Waals surface area contributed by atoms with E-state index in [1.54, 1.807) is 4.52 Å². The number of pyridine rings is 1. The summed E-state index contributed by atoms with van der Waals surface area (Å²) < 4.78 is 7.73. The van der Waals surface area contributed by atoms with Gasteiger partial charge in [0, 0.05) is 24.2 Å². The summed E-state index contributed by atoms with van der Waals surface area (Å²) in [6, 6.07) is 12.6. The number of aromatic nitrogens is 3. The zero-order chi connectivity index (χ0) is 18.4. The molecule has 1 saturated heterocycles. The first-order chi connectivity index (χ1) is 13.2. The first-order valence-electron chi connectivity index (χ1n) is 9.51. The number of rotatable bonds is 3. The quantitative estimate of drug-likeness (QED) is 0.719. The van der Waals surface area contributed by atoms with Gasteiger partial charge in [0.25, 0.3) is 0 Å². The Bertz CT molecular complexity index is 991. The van der Waals surface area contributed by atoms with Crippen LogP contribution in [0.5, 0.6) is 0 Å². The summed E-state index contributed by atoms with van der Waals surface area (Å²) in [6.07, 6.45) is 3.82. The molecule has 2 fully saturated rings. The highest BCUT2D eigenvalue weighted by Crippen LogP contribution is 2.33. The van der Waals surface area contributed by atoms with E-state index in [0.717, 1.165) is 35.2 Å². The Morgan fingerprint density at radius 2 is 1.89 bits per heavy atom. The van der Waals surface area contributed by atoms with Gasteiger partial charge in [-0.3, -0.25) is 4.79 Å². The van der Waals surface area contributed by atoms with E-state index >= 15 is 0 Å². The molecule has 1 amide bonds. The van der Waals surface area contributed by atoms with Crippen molar-refractivity contribution in [2.75, 3.05) is 19.7 Å². The molecule has 1 aliphatic carbocycles. The summed E-state index contributed by atoms with van der Waals surface area (Å²) in [4.78, 5) is 14.3. The maximum atomic E-state index is 12.4. The summed E-state index contributed by atoms with van der Waals surface area (Å²) in [5, 5.41) is 8.67. The fourth-order valence-corrected chi connectivity index (χ4v) is 3.66. The normalized spacial score (nSPS) is 20.2. The number of aryl methyl sites for hydroxylation is 1. The minimum Gasteiger partial charge on any atom is -0.368 e. The molecule has 138 valence electrons. The van der Waals surface area contributed by atoms with E-state index in [1.807, 2.05) is 17.2 Å². The Labute approximate surface area is 157 Å². The van der Waals surface area contributed by atoms with Crippen LogP contribution < -0.4 is 0 Å². The van der Waals surface area contributed by atoms with Crippen molar-refractivity contribution in [1.82, 2.24) is 19.7 Å². The summed E-state index contributed by atoms with van der Waals surface area (Å²) >= 11 is 0. The van der Waals surface area contributed by atoms with Crippen molar-refractivity contribution >= 4 is 11.4 Å². The molecule has 5 rings (SSSR count). The van der Waals surface area contributed by atoms with Crippen LogP contribution in [0.4, 0.5) is 0 Å². The number of carbonyl (C=O) groups is 1. The lowest BCUT2D eigenvalue weighted by Gasteiger charge is -2.32. The highest BCUT2D eigenvalue weighted by atomic mass is 16.5. The molecule has 0 N–H and O–H groups in total. The van der Waals surface area contributed by atoms with Crippen LogP contribution in [0.2, 0.25) is 0 Å². The number of nitrogens with zero attached hydrogens (tertiary/aromatic N) is 4. The molecule has 2 aromatic heterocycles. The fraction of sp³-hybridized carbons (Fsp3) is 0.381. The molecule has 0 bridgehead atoms. The molecule has 3 aromatic rings. The van der Waals surface area contributed by atoms with Crippen molar-refractivity contribution in [3.63, 3.8) is 0 Å². The molecule has 1 saturated carbocycles. The van der Waals surface area contributed by atoms with E-state index in [1.165, 1.54) is 5.56 Å². The Balaban J connectivity index is 1.42. The number of ether oxygens (including phenoxy) is 1. The number of morpholine rings is 1. The Morgan fingerprint density at radius 3 is 2.67 bits per heavy atom. The molecular formula is C21H22N4O2. The smallest absolute Gasteiger partial charge is 0.225 e. The van der Waals surface area contributed by atoms with Crippen LogP contribution in [0.25, 0.3) is 16.6 Å². The highest BCUT2D eigenvalue weighted by Gasteiger charge is 2.36. The highest BCUT2D eigenvalue weighted by molar-refractivity contribution is 5.81. The Kier molecular flexibility index (Phi) is 3.93. The monoisotopic (exact) mass is 362 g/mol. The van der Waals surface area contributed by atoms with Gasteiger partial charge in [0.05, 0.1) is 18.7 Å². The van der Waals surface area contributed by atoms with Gasteiger partial charge in [0.15, 0.2) is 0 Å². The van der Waals surface area contributed by atoms with Gasteiger partial charge in [-0.25, -0.2) is 4.52 Å². The van der Waals surface area contributed by atoms with E-state index in [2.05, 4.69) is 47.6 Å². The Hall–Kier alpha value is -2.73. The van der Waals surface area contributed by atoms with E-state index in [-0.39, 0.29) is 17.9 Å². The van der Waals surface area contributed by atoms with Crippen LogP contribution in [-0.4, -0.2) is 45.3 Å². The van der Waals surface area contributed by atoms with E-state index in [9.17, 15) is 4.79 Å². The van der Waals surface area contributed by atoms with Crippen LogP contribution in [-0.2, 0) is 9.53 Å². The standard InChI is InChI=1S/C21H22N4O2/c1-14-2-4-15(5-3-14)17-8-9-18-20(22-23-25(18)12-17)19-13-24(10-11-27-19)21(26)16-6-7-16/h2-5,8-9,12,16,19H,6-7,10-11,13H2,1H3/t19-/m0/s1. The average molecular weight is 362 g/mol. The molecule has 27 heavy (non-hydrogen) atoms. The fourth-order valence-electron chi connectivity index (χ4n) is 3.66. The molecule has 0 radical (unpaired) electrons. The lowest BCUT2D eigenvalue weighted by Crippen LogP contribution is -2.43. The van der Waals surface area contributed by atoms with Crippen molar-refractivity contribution in [2.45, 2.75) is 25.9 Å². The molecule has 0 spiro atoms. The second-order valence-corrected chi connectivity index (χ2v) is 7.51. The van der Waals surface area contributed by atoms with Crippen LogP contribution >= 0.6 is 0 Å². The third-order valence-corrected chi connectivity index (χ3v) is 5.43. The second-order valence-electron chi connectivity index (χ2n) is 7.51. The molecule has 2 aliphatic rings. The van der Waals surface area contributed by atoms with Gasteiger partial charge in [-0.2, -0.15) is 0 Å². The van der Waals surface area contributed by atoms with Gasteiger partial charge >= 0.3 is 0 Å². The minimum absolute atomic E-state index is 0.218. The van der Waals surface area contributed by atoms with E-state index in [0.29, 0.717) is 19.7 Å².